The molecule has 1 aromatic rings. The fraction of sp³-hybridized carbons (Fsp3) is 0.682. The summed E-state index contributed by atoms with van der Waals surface area (Å²) in [5.74, 6) is 1.26. The third kappa shape index (κ3) is 5.69. The lowest BCUT2D eigenvalue weighted by Gasteiger charge is -2.43. The summed E-state index contributed by atoms with van der Waals surface area (Å²) >= 11 is 0. The van der Waals surface area contributed by atoms with Crippen LogP contribution in [0.3, 0.4) is 0 Å². The van der Waals surface area contributed by atoms with Gasteiger partial charge in [0.15, 0.2) is 0 Å². The molecule has 1 aromatic carbocycles. The van der Waals surface area contributed by atoms with Crippen molar-refractivity contribution in [2.45, 2.75) is 58.6 Å². The van der Waals surface area contributed by atoms with E-state index in [0.29, 0.717) is 44.3 Å². The van der Waals surface area contributed by atoms with Gasteiger partial charge in [-0.05, 0) is 68.6 Å². The van der Waals surface area contributed by atoms with Crippen molar-refractivity contribution in [2.75, 3.05) is 25.1 Å². The lowest BCUT2D eigenvalue weighted by molar-refractivity contribution is -0.122. The summed E-state index contributed by atoms with van der Waals surface area (Å²) in [7, 11) is 0. The van der Waals surface area contributed by atoms with Gasteiger partial charge in [-0.1, -0.05) is 18.6 Å². The van der Waals surface area contributed by atoms with Crippen LogP contribution in [0.15, 0.2) is 18.2 Å². The lowest BCUT2D eigenvalue weighted by atomic mass is 9.65. The maximum Gasteiger partial charge on any atom is 0.227 e. The smallest absolute Gasteiger partial charge is 0.227 e. The highest BCUT2D eigenvalue weighted by atomic mass is 35.5. The number of nitrogens with one attached hydrogen (secondary N) is 1. The number of halogens is 1. The molecular formula is C22H35ClN2O3. The van der Waals surface area contributed by atoms with Gasteiger partial charge in [0.1, 0.15) is 0 Å². The van der Waals surface area contributed by atoms with E-state index < -0.39 is 0 Å². The fourth-order valence-corrected chi connectivity index (χ4v) is 4.66. The maximum atomic E-state index is 12.9. The van der Waals surface area contributed by atoms with Gasteiger partial charge in [0.05, 0.1) is 19.8 Å². The minimum absolute atomic E-state index is 0. The number of carbonyl (C=O) groups excluding carboxylic acids is 1. The fourth-order valence-electron chi connectivity index (χ4n) is 4.66. The van der Waals surface area contributed by atoms with Crippen LogP contribution in [0, 0.1) is 24.7 Å². The van der Waals surface area contributed by atoms with E-state index in [9.17, 15) is 4.79 Å². The number of nitrogens with two attached hydrogens (primary N) is 1. The summed E-state index contributed by atoms with van der Waals surface area (Å²) in [5, 5.41) is 3.18. The second-order valence-corrected chi connectivity index (χ2v) is 8.03. The topological polar surface area (TPSA) is 73.6 Å². The van der Waals surface area contributed by atoms with Crippen molar-refractivity contribution < 1.29 is 14.3 Å². The minimum Gasteiger partial charge on any atom is -0.379 e. The van der Waals surface area contributed by atoms with Crippen molar-refractivity contribution in [2.24, 2.45) is 23.5 Å². The Labute approximate surface area is 175 Å². The van der Waals surface area contributed by atoms with Crippen LogP contribution in [0.4, 0.5) is 5.69 Å². The number of amides is 1. The normalized spacial score (nSPS) is 26.4. The zero-order chi connectivity index (χ0) is 19.2. The molecule has 2 unspecified atom stereocenters. The summed E-state index contributed by atoms with van der Waals surface area (Å²) in [6, 6.07) is 6.30. The molecule has 3 N–H and O–H groups in total. The third-order valence-electron chi connectivity index (χ3n) is 6.32. The van der Waals surface area contributed by atoms with Gasteiger partial charge in [0, 0.05) is 24.3 Å². The molecule has 1 amide bonds. The van der Waals surface area contributed by atoms with Crippen LogP contribution < -0.4 is 11.1 Å². The second-order valence-electron chi connectivity index (χ2n) is 8.03. The molecule has 2 atom stereocenters. The molecule has 2 fully saturated rings. The summed E-state index contributed by atoms with van der Waals surface area (Å²) in [5.41, 5.74) is 9.44. The van der Waals surface area contributed by atoms with Crippen molar-refractivity contribution in [1.29, 1.82) is 0 Å². The van der Waals surface area contributed by atoms with E-state index >= 15 is 0 Å². The quantitative estimate of drug-likeness (QED) is 0.633. The standard InChI is InChI=1S/C22H34N2O3.ClH/c1-3-26-10-11-27-14-18-8-5-9-20(15(18)2)24-22(25)19-12-16-6-4-7-17(13-19)21(16)23;/h5,8-9,16-17,19,21H,3-4,6-7,10-14,23H2,1-2H3,(H,24,25);1H. The predicted molar refractivity (Wildman–Crippen MR) is 115 cm³/mol. The first-order chi connectivity index (χ1) is 13.1. The summed E-state index contributed by atoms with van der Waals surface area (Å²) in [4.78, 5) is 12.9. The molecule has 2 bridgehead atoms. The predicted octanol–water partition coefficient (Wildman–Crippen LogP) is 4.06. The number of ether oxygens (including phenoxy) is 2. The Morgan fingerprint density at radius 2 is 1.86 bits per heavy atom. The molecule has 3 rings (SSSR count). The number of carbonyl (C=O) groups is 1. The van der Waals surface area contributed by atoms with Gasteiger partial charge in [0.25, 0.3) is 0 Å². The molecule has 0 aliphatic heterocycles. The van der Waals surface area contributed by atoms with Crippen molar-refractivity contribution in [1.82, 2.24) is 0 Å². The summed E-state index contributed by atoms with van der Waals surface area (Å²) in [6.07, 6.45) is 5.48. The van der Waals surface area contributed by atoms with Gasteiger partial charge < -0.3 is 20.5 Å². The molecular weight excluding hydrogens is 376 g/mol. The first-order valence-electron chi connectivity index (χ1n) is 10.4. The van der Waals surface area contributed by atoms with Gasteiger partial charge >= 0.3 is 0 Å². The minimum atomic E-state index is 0. The van der Waals surface area contributed by atoms with Crippen molar-refractivity contribution in [3.8, 4) is 0 Å². The molecule has 0 radical (unpaired) electrons. The van der Waals surface area contributed by atoms with E-state index in [-0.39, 0.29) is 24.2 Å². The summed E-state index contributed by atoms with van der Waals surface area (Å²) < 4.78 is 11.0. The van der Waals surface area contributed by atoms with Gasteiger partial charge in [-0.3, -0.25) is 4.79 Å². The van der Waals surface area contributed by atoms with E-state index in [4.69, 9.17) is 15.2 Å². The highest BCUT2D eigenvalue weighted by Gasteiger charge is 2.40. The van der Waals surface area contributed by atoms with Gasteiger partial charge in [-0.25, -0.2) is 0 Å². The number of rotatable bonds is 8. The van der Waals surface area contributed by atoms with Crippen LogP contribution >= 0.6 is 12.4 Å². The largest absolute Gasteiger partial charge is 0.379 e. The maximum absolute atomic E-state index is 12.9. The Bertz CT molecular complexity index is 626. The van der Waals surface area contributed by atoms with Gasteiger partial charge in [-0.2, -0.15) is 0 Å². The van der Waals surface area contributed by atoms with E-state index in [1.54, 1.807) is 0 Å². The van der Waals surface area contributed by atoms with E-state index in [2.05, 4.69) is 11.4 Å². The van der Waals surface area contributed by atoms with Crippen LogP contribution in [0.1, 0.15) is 50.2 Å². The molecule has 2 aliphatic carbocycles. The van der Waals surface area contributed by atoms with E-state index in [1.165, 1.54) is 19.3 Å². The van der Waals surface area contributed by atoms with Crippen molar-refractivity contribution in [3.63, 3.8) is 0 Å². The summed E-state index contributed by atoms with van der Waals surface area (Å²) in [6.45, 7) is 6.45. The molecule has 0 aromatic heterocycles. The molecule has 0 spiro atoms. The molecule has 158 valence electrons. The van der Waals surface area contributed by atoms with Crippen LogP contribution in [-0.2, 0) is 20.9 Å². The Morgan fingerprint density at radius 1 is 1.18 bits per heavy atom. The second kappa shape index (κ2) is 11.1. The zero-order valence-corrected chi connectivity index (χ0v) is 17.9. The SMILES string of the molecule is CCOCCOCc1cccc(NC(=O)C2CC3CCCC(C2)C3N)c1C.Cl. The average Bonchev–Trinajstić information content (AvgIpc) is 2.64. The van der Waals surface area contributed by atoms with E-state index in [0.717, 1.165) is 29.7 Å². The Morgan fingerprint density at radius 3 is 2.54 bits per heavy atom. The molecule has 0 saturated heterocycles. The first kappa shape index (κ1) is 23.1. The number of hydrogen-bond donors (Lipinski definition) is 2. The molecule has 2 aliphatic rings. The third-order valence-corrected chi connectivity index (χ3v) is 6.32. The number of hydrogen-bond acceptors (Lipinski definition) is 4. The van der Waals surface area contributed by atoms with Crippen LogP contribution in [0.2, 0.25) is 0 Å². The highest BCUT2D eigenvalue weighted by molar-refractivity contribution is 5.93. The highest BCUT2D eigenvalue weighted by Crippen LogP contribution is 2.42. The van der Waals surface area contributed by atoms with Crippen molar-refractivity contribution in [3.05, 3.63) is 29.3 Å². The number of fused-ring (bicyclic) bond motifs is 2. The van der Waals surface area contributed by atoms with Crippen LogP contribution in [-0.4, -0.2) is 31.8 Å². The Balaban J connectivity index is 0.00000280. The Hall–Kier alpha value is -1.14. The molecule has 6 heteroatoms. The molecule has 28 heavy (non-hydrogen) atoms. The average molecular weight is 411 g/mol. The zero-order valence-electron chi connectivity index (χ0n) is 17.1. The van der Waals surface area contributed by atoms with Crippen LogP contribution in [0.5, 0.6) is 0 Å². The lowest BCUT2D eigenvalue weighted by Crippen LogP contribution is -2.48. The molecule has 2 saturated carbocycles. The van der Waals surface area contributed by atoms with Gasteiger partial charge in [0.2, 0.25) is 5.91 Å². The van der Waals surface area contributed by atoms with Gasteiger partial charge in [-0.15, -0.1) is 12.4 Å². The van der Waals surface area contributed by atoms with Crippen molar-refractivity contribution >= 4 is 24.0 Å². The molecule has 5 nitrogen and oxygen atoms in total. The number of anilines is 1. The van der Waals surface area contributed by atoms with Crippen LogP contribution in [0.25, 0.3) is 0 Å². The van der Waals surface area contributed by atoms with E-state index in [1.807, 2.05) is 26.0 Å². The molecule has 0 heterocycles. The number of benzene rings is 1. The Kier molecular flexibility index (Phi) is 9.22. The monoisotopic (exact) mass is 410 g/mol. The first-order valence-corrected chi connectivity index (χ1v) is 10.4.